The first-order chi connectivity index (χ1) is 13.5. The second-order valence-corrected chi connectivity index (χ2v) is 6.99. The summed E-state index contributed by atoms with van der Waals surface area (Å²) in [5.41, 5.74) is 1.95. The van der Waals surface area contributed by atoms with Crippen LogP contribution in [0.4, 0.5) is 0 Å². The molecule has 28 heavy (non-hydrogen) atoms. The molecular weight excluding hydrogens is 354 g/mol. The van der Waals surface area contributed by atoms with Crippen LogP contribution in [0.15, 0.2) is 54.6 Å². The van der Waals surface area contributed by atoms with Crippen molar-refractivity contribution < 1.29 is 19.1 Å². The molecule has 0 radical (unpaired) electrons. The van der Waals surface area contributed by atoms with Crippen LogP contribution in [0.1, 0.15) is 50.3 Å². The molecule has 150 valence electrons. The van der Waals surface area contributed by atoms with E-state index in [0.717, 1.165) is 16.9 Å². The van der Waals surface area contributed by atoms with E-state index in [4.69, 9.17) is 9.47 Å². The first-order valence-corrected chi connectivity index (χ1v) is 9.68. The fraction of sp³-hybridized carbons (Fsp3) is 0.391. The minimum absolute atomic E-state index is 0.105. The first kappa shape index (κ1) is 21.5. The van der Waals surface area contributed by atoms with Gasteiger partial charge in [0.25, 0.3) is 0 Å². The second-order valence-electron chi connectivity index (χ2n) is 6.99. The maximum Gasteiger partial charge on any atom is 0.308 e. The van der Waals surface area contributed by atoms with Crippen LogP contribution in [0, 0.1) is 6.92 Å². The van der Waals surface area contributed by atoms with E-state index in [0.29, 0.717) is 19.4 Å². The van der Waals surface area contributed by atoms with E-state index >= 15 is 0 Å². The van der Waals surface area contributed by atoms with E-state index in [9.17, 15) is 9.59 Å². The van der Waals surface area contributed by atoms with Crippen molar-refractivity contribution in [1.82, 2.24) is 5.32 Å². The van der Waals surface area contributed by atoms with Crippen LogP contribution in [0.25, 0.3) is 0 Å². The number of amides is 1. The lowest BCUT2D eigenvalue weighted by Gasteiger charge is -2.19. The van der Waals surface area contributed by atoms with Crippen molar-refractivity contribution in [2.24, 2.45) is 0 Å². The molecule has 5 nitrogen and oxygen atoms in total. The van der Waals surface area contributed by atoms with E-state index < -0.39 is 6.04 Å². The average molecular weight is 383 g/mol. The maximum atomic E-state index is 12.4. The second kappa shape index (κ2) is 11.1. The summed E-state index contributed by atoms with van der Waals surface area (Å²) in [6.45, 7) is 6.07. The lowest BCUT2D eigenvalue weighted by molar-refractivity contribution is -0.148. The summed E-state index contributed by atoms with van der Waals surface area (Å²) in [6, 6.07) is 16.9. The number of hydrogen-bond donors (Lipinski definition) is 1. The van der Waals surface area contributed by atoms with Gasteiger partial charge in [-0.05, 0) is 44.4 Å². The van der Waals surface area contributed by atoms with Gasteiger partial charge in [-0.15, -0.1) is 0 Å². The van der Waals surface area contributed by atoms with Gasteiger partial charge in [-0.3, -0.25) is 9.59 Å². The highest BCUT2D eigenvalue weighted by atomic mass is 16.5. The van der Waals surface area contributed by atoms with E-state index in [2.05, 4.69) is 5.32 Å². The lowest BCUT2D eigenvalue weighted by atomic mass is 10.0. The number of esters is 1. The summed E-state index contributed by atoms with van der Waals surface area (Å²) in [7, 11) is 0. The monoisotopic (exact) mass is 383 g/mol. The highest BCUT2D eigenvalue weighted by Crippen LogP contribution is 2.19. The molecule has 0 heterocycles. The zero-order valence-corrected chi connectivity index (χ0v) is 16.8. The van der Waals surface area contributed by atoms with Crippen LogP contribution in [0.2, 0.25) is 0 Å². The number of ether oxygens (including phenoxy) is 2. The topological polar surface area (TPSA) is 64.6 Å². The number of carbonyl (C=O) groups is 2. The van der Waals surface area contributed by atoms with Gasteiger partial charge in [-0.2, -0.15) is 0 Å². The van der Waals surface area contributed by atoms with Gasteiger partial charge in [-0.1, -0.05) is 48.5 Å². The zero-order valence-electron chi connectivity index (χ0n) is 16.8. The summed E-state index contributed by atoms with van der Waals surface area (Å²) in [5, 5.41) is 2.95. The smallest absolute Gasteiger partial charge is 0.308 e. The molecule has 5 heteroatoms. The molecule has 0 aliphatic rings. The number of benzene rings is 2. The summed E-state index contributed by atoms with van der Waals surface area (Å²) in [5.74, 6) is 0.396. The Morgan fingerprint density at radius 1 is 1.00 bits per heavy atom. The maximum absolute atomic E-state index is 12.4. The van der Waals surface area contributed by atoms with Crippen molar-refractivity contribution in [3.8, 4) is 5.75 Å². The zero-order chi connectivity index (χ0) is 20.4. The molecule has 2 aromatic carbocycles. The molecule has 0 bridgehead atoms. The van der Waals surface area contributed by atoms with Crippen LogP contribution in [0.5, 0.6) is 5.75 Å². The third-order valence-electron chi connectivity index (χ3n) is 4.17. The highest BCUT2D eigenvalue weighted by Gasteiger charge is 2.19. The summed E-state index contributed by atoms with van der Waals surface area (Å²) in [4.78, 5) is 24.5. The number of para-hydroxylation sites is 1. The normalized spacial score (nSPS) is 11.7. The van der Waals surface area contributed by atoms with Crippen molar-refractivity contribution in [1.29, 1.82) is 0 Å². The largest absolute Gasteiger partial charge is 0.493 e. The van der Waals surface area contributed by atoms with Crippen molar-refractivity contribution in [3.05, 3.63) is 65.7 Å². The van der Waals surface area contributed by atoms with Crippen LogP contribution in [-0.2, 0) is 14.3 Å². The van der Waals surface area contributed by atoms with Crippen molar-refractivity contribution in [2.75, 3.05) is 6.61 Å². The Balaban J connectivity index is 1.85. The third-order valence-corrected chi connectivity index (χ3v) is 4.17. The Kier molecular flexibility index (Phi) is 8.53. The minimum Gasteiger partial charge on any atom is -0.493 e. The van der Waals surface area contributed by atoms with Gasteiger partial charge in [0, 0.05) is 6.42 Å². The average Bonchev–Trinajstić information content (AvgIpc) is 2.66. The van der Waals surface area contributed by atoms with E-state index in [1.165, 1.54) is 0 Å². The van der Waals surface area contributed by atoms with Crippen LogP contribution in [-0.4, -0.2) is 24.6 Å². The van der Waals surface area contributed by atoms with Gasteiger partial charge in [0.2, 0.25) is 5.91 Å². The number of hydrogen-bond acceptors (Lipinski definition) is 4. The van der Waals surface area contributed by atoms with E-state index in [1.54, 1.807) is 0 Å². The SMILES string of the molecule is Cc1ccccc1OCCCC(=O)NC(CC(=O)OC(C)C)c1ccccc1. The molecule has 0 fully saturated rings. The molecule has 1 N–H and O–H groups in total. The van der Waals surface area contributed by atoms with Gasteiger partial charge < -0.3 is 14.8 Å². The number of carbonyl (C=O) groups excluding carboxylic acids is 2. The molecule has 2 aromatic rings. The summed E-state index contributed by atoms with van der Waals surface area (Å²) < 4.78 is 11.0. The molecule has 0 spiro atoms. The number of nitrogens with one attached hydrogen (secondary N) is 1. The fourth-order valence-electron chi connectivity index (χ4n) is 2.81. The van der Waals surface area contributed by atoms with Crippen molar-refractivity contribution in [3.63, 3.8) is 0 Å². The quantitative estimate of drug-likeness (QED) is 0.489. The molecule has 0 aromatic heterocycles. The molecule has 0 aliphatic carbocycles. The van der Waals surface area contributed by atoms with Crippen molar-refractivity contribution in [2.45, 2.75) is 52.2 Å². The Morgan fingerprint density at radius 3 is 2.36 bits per heavy atom. The van der Waals surface area contributed by atoms with Gasteiger partial charge >= 0.3 is 5.97 Å². The Hall–Kier alpha value is -2.82. The molecular formula is C23H29NO4. The first-order valence-electron chi connectivity index (χ1n) is 9.68. The molecule has 0 aliphatic heterocycles. The van der Waals surface area contributed by atoms with Gasteiger partial charge in [0.05, 0.1) is 25.2 Å². The van der Waals surface area contributed by atoms with Gasteiger partial charge in [0.15, 0.2) is 0 Å². The van der Waals surface area contributed by atoms with E-state index in [1.807, 2.05) is 75.4 Å². The molecule has 2 rings (SSSR count). The number of aryl methyl sites for hydroxylation is 1. The molecule has 0 saturated carbocycles. The van der Waals surface area contributed by atoms with Crippen LogP contribution >= 0.6 is 0 Å². The lowest BCUT2D eigenvalue weighted by Crippen LogP contribution is -2.31. The van der Waals surface area contributed by atoms with E-state index in [-0.39, 0.29) is 24.4 Å². The predicted molar refractivity (Wildman–Crippen MR) is 109 cm³/mol. The fourth-order valence-corrected chi connectivity index (χ4v) is 2.81. The van der Waals surface area contributed by atoms with Crippen molar-refractivity contribution >= 4 is 11.9 Å². The number of rotatable bonds is 10. The molecule has 1 unspecified atom stereocenters. The van der Waals surface area contributed by atoms with Gasteiger partial charge in [-0.25, -0.2) is 0 Å². The highest BCUT2D eigenvalue weighted by molar-refractivity contribution is 5.78. The Morgan fingerprint density at radius 2 is 1.68 bits per heavy atom. The Labute approximate surface area is 167 Å². The van der Waals surface area contributed by atoms with Gasteiger partial charge in [0.1, 0.15) is 5.75 Å². The van der Waals surface area contributed by atoms with Crippen LogP contribution in [0.3, 0.4) is 0 Å². The summed E-state index contributed by atoms with van der Waals surface area (Å²) in [6.07, 6.45) is 0.846. The molecule has 1 atom stereocenters. The molecule has 0 saturated heterocycles. The molecule has 1 amide bonds. The minimum atomic E-state index is -0.405. The predicted octanol–water partition coefficient (Wildman–Crippen LogP) is 4.35. The summed E-state index contributed by atoms with van der Waals surface area (Å²) >= 11 is 0. The Bertz CT molecular complexity index is 758. The third kappa shape index (κ3) is 7.43. The van der Waals surface area contributed by atoms with Crippen LogP contribution < -0.4 is 10.1 Å². The standard InChI is InChI=1S/C23H29NO4/c1-17(2)28-23(26)16-20(19-11-5-4-6-12-19)24-22(25)14-9-15-27-21-13-8-7-10-18(21)3/h4-8,10-13,17,20H,9,14-16H2,1-3H3,(H,24,25).